The first-order valence-electron chi connectivity index (χ1n) is 14.1. The Kier molecular flexibility index (Phi) is 9.96. The second-order valence-electron chi connectivity index (χ2n) is 11.5. The molecule has 0 aliphatic carbocycles. The number of hydrogen-bond acceptors (Lipinski definition) is 7. The number of nitrogens with zero attached hydrogens (tertiary/aromatic N) is 4. The molecule has 0 fully saturated rings. The van der Waals surface area contributed by atoms with E-state index < -0.39 is 17.7 Å². The maximum Gasteiger partial charge on any atom is 0.410 e. The van der Waals surface area contributed by atoms with Gasteiger partial charge in [-0.25, -0.2) is 4.79 Å². The summed E-state index contributed by atoms with van der Waals surface area (Å²) in [5.74, 6) is 0.692. The van der Waals surface area contributed by atoms with E-state index >= 15 is 0 Å². The van der Waals surface area contributed by atoms with E-state index in [0.29, 0.717) is 24.6 Å². The number of aryl methyl sites for hydroxylation is 1. The van der Waals surface area contributed by atoms with Gasteiger partial charge in [0.15, 0.2) is 5.82 Å². The minimum Gasteiger partial charge on any atom is -0.444 e. The molecule has 0 saturated heterocycles. The summed E-state index contributed by atoms with van der Waals surface area (Å²) in [5, 5.41) is 5.99. The minimum atomic E-state index is -0.803. The predicted octanol–water partition coefficient (Wildman–Crippen LogP) is 5.60. The Hall–Kier alpha value is -4.24. The lowest BCUT2D eigenvalue weighted by molar-refractivity contribution is -0.138. The zero-order valence-electron chi connectivity index (χ0n) is 25.2. The number of aromatic nitrogens is 2. The van der Waals surface area contributed by atoms with Crippen molar-refractivity contribution in [1.82, 2.24) is 19.9 Å². The molecule has 0 aliphatic heterocycles. The number of carbonyl (C=O) groups excluding carboxylic acids is 2. The lowest BCUT2D eigenvalue weighted by Gasteiger charge is -2.35. The summed E-state index contributed by atoms with van der Waals surface area (Å²) < 4.78 is 16.8. The quantitative estimate of drug-likeness (QED) is 0.231. The van der Waals surface area contributed by atoms with E-state index in [1.54, 1.807) is 25.9 Å². The molecule has 2 amide bonds. The van der Waals surface area contributed by atoms with Crippen molar-refractivity contribution in [3.8, 4) is 0 Å². The van der Waals surface area contributed by atoms with Crippen LogP contribution in [0.1, 0.15) is 43.6 Å². The van der Waals surface area contributed by atoms with Crippen molar-refractivity contribution < 1.29 is 23.6 Å². The first kappa shape index (κ1) is 30.7. The molecule has 0 spiro atoms. The van der Waals surface area contributed by atoms with Crippen LogP contribution in [0.15, 0.2) is 77.3 Å². The Morgan fingerprint density at radius 2 is 1.57 bits per heavy atom. The zero-order valence-corrected chi connectivity index (χ0v) is 25.2. The number of rotatable bonds is 11. The lowest BCUT2D eigenvalue weighted by atomic mass is 9.99. The Labute approximate surface area is 247 Å². The van der Waals surface area contributed by atoms with E-state index in [1.165, 1.54) is 4.90 Å². The van der Waals surface area contributed by atoms with Crippen molar-refractivity contribution in [2.24, 2.45) is 0 Å². The second-order valence-corrected chi connectivity index (χ2v) is 11.5. The fourth-order valence-electron chi connectivity index (χ4n) is 4.73. The Morgan fingerprint density at radius 1 is 0.881 bits per heavy atom. The van der Waals surface area contributed by atoms with Crippen molar-refractivity contribution in [3.05, 3.63) is 95.6 Å². The SMILES string of the molecule is Cc1noc(COCC(Cc2ccccc2)N(C)C(=O)C(Cc2ccc3ccccc3c2)N(C)C(=O)OC(C)(C)C)n1. The highest BCUT2D eigenvalue weighted by molar-refractivity contribution is 5.87. The van der Waals surface area contributed by atoms with Gasteiger partial charge < -0.3 is 18.9 Å². The van der Waals surface area contributed by atoms with Gasteiger partial charge in [0.1, 0.15) is 18.2 Å². The van der Waals surface area contributed by atoms with Gasteiger partial charge in [-0.15, -0.1) is 0 Å². The summed E-state index contributed by atoms with van der Waals surface area (Å²) in [4.78, 5) is 34.8. The molecule has 1 heterocycles. The highest BCUT2D eigenvalue weighted by Crippen LogP contribution is 2.21. The van der Waals surface area contributed by atoms with Crippen LogP contribution < -0.4 is 0 Å². The fraction of sp³-hybridized carbons (Fsp3) is 0.394. The van der Waals surface area contributed by atoms with E-state index in [-0.39, 0.29) is 25.2 Å². The molecule has 3 aromatic carbocycles. The molecule has 2 unspecified atom stereocenters. The highest BCUT2D eigenvalue weighted by Gasteiger charge is 2.34. The monoisotopic (exact) mass is 572 g/mol. The van der Waals surface area contributed by atoms with Gasteiger partial charge in [0, 0.05) is 20.5 Å². The topological polar surface area (TPSA) is 98.0 Å². The van der Waals surface area contributed by atoms with Crippen molar-refractivity contribution in [2.75, 3.05) is 20.7 Å². The average molecular weight is 573 g/mol. The minimum absolute atomic E-state index is 0.131. The van der Waals surface area contributed by atoms with Gasteiger partial charge in [-0.05, 0) is 56.0 Å². The van der Waals surface area contributed by atoms with Crippen LogP contribution in [0.5, 0.6) is 0 Å². The molecule has 0 saturated carbocycles. The smallest absolute Gasteiger partial charge is 0.410 e. The number of hydrogen-bond donors (Lipinski definition) is 0. The van der Waals surface area contributed by atoms with Gasteiger partial charge in [-0.1, -0.05) is 78.0 Å². The van der Waals surface area contributed by atoms with Crippen LogP contribution in [0.4, 0.5) is 4.79 Å². The summed E-state index contributed by atoms with van der Waals surface area (Å²) in [5.41, 5.74) is 1.30. The molecule has 0 bridgehead atoms. The highest BCUT2D eigenvalue weighted by atomic mass is 16.6. The van der Waals surface area contributed by atoms with Crippen LogP contribution in [0.3, 0.4) is 0 Å². The van der Waals surface area contributed by atoms with Crippen molar-refractivity contribution >= 4 is 22.8 Å². The molecular formula is C33H40N4O5. The van der Waals surface area contributed by atoms with Crippen molar-refractivity contribution in [3.63, 3.8) is 0 Å². The number of benzene rings is 3. The van der Waals surface area contributed by atoms with E-state index in [0.717, 1.165) is 21.9 Å². The van der Waals surface area contributed by atoms with Crippen molar-refractivity contribution in [1.29, 1.82) is 0 Å². The molecule has 0 N–H and O–H groups in total. The normalized spacial score (nSPS) is 13.0. The van der Waals surface area contributed by atoms with Crippen LogP contribution >= 0.6 is 0 Å². The maximum atomic E-state index is 14.3. The Bertz CT molecular complexity index is 1480. The molecule has 2 atom stereocenters. The van der Waals surface area contributed by atoms with Gasteiger partial charge in [0.25, 0.3) is 5.89 Å². The van der Waals surface area contributed by atoms with Crippen molar-refractivity contribution in [2.45, 2.75) is 64.8 Å². The average Bonchev–Trinajstić information content (AvgIpc) is 3.38. The van der Waals surface area contributed by atoms with Gasteiger partial charge >= 0.3 is 6.09 Å². The van der Waals surface area contributed by atoms with Crippen LogP contribution in [-0.2, 0) is 33.7 Å². The van der Waals surface area contributed by atoms with Gasteiger partial charge in [-0.2, -0.15) is 4.98 Å². The fourth-order valence-corrected chi connectivity index (χ4v) is 4.73. The third kappa shape index (κ3) is 8.39. The van der Waals surface area contributed by atoms with Crippen LogP contribution in [0.25, 0.3) is 10.8 Å². The van der Waals surface area contributed by atoms with Gasteiger partial charge in [-0.3, -0.25) is 9.69 Å². The first-order valence-corrected chi connectivity index (χ1v) is 14.1. The zero-order chi connectivity index (χ0) is 30.3. The third-order valence-electron chi connectivity index (χ3n) is 6.99. The first-order chi connectivity index (χ1) is 20.0. The summed E-state index contributed by atoms with van der Waals surface area (Å²) >= 11 is 0. The summed E-state index contributed by atoms with van der Waals surface area (Å²) in [6.45, 7) is 7.54. The third-order valence-corrected chi connectivity index (χ3v) is 6.99. The van der Waals surface area contributed by atoms with E-state index in [1.807, 2.05) is 87.5 Å². The second kappa shape index (κ2) is 13.6. The molecule has 222 valence electrons. The molecule has 4 aromatic rings. The van der Waals surface area contributed by atoms with E-state index in [4.69, 9.17) is 14.0 Å². The molecule has 0 aliphatic rings. The Balaban J connectivity index is 1.59. The molecule has 42 heavy (non-hydrogen) atoms. The number of likely N-dealkylation sites (N-methyl/N-ethyl adjacent to an activating group) is 2. The number of fused-ring (bicyclic) bond motifs is 1. The number of amides is 2. The van der Waals surface area contributed by atoms with Crippen LogP contribution in [0, 0.1) is 6.92 Å². The lowest BCUT2D eigenvalue weighted by Crippen LogP contribution is -2.54. The molecule has 9 nitrogen and oxygen atoms in total. The molecule has 4 rings (SSSR count). The van der Waals surface area contributed by atoms with Gasteiger partial charge in [0.05, 0.1) is 12.6 Å². The number of ether oxygens (including phenoxy) is 2. The largest absolute Gasteiger partial charge is 0.444 e. The Morgan fingerprint density at radius 3 is 2.24 bits per heavy atom. The maximum absolute atomic E-state index is 14.3. The van der Waals surface area contributed by atoms with Crippen LogP contribution in [-0.4, -0.2) is 70.3 Å². The molecular weight excluding hydrogens is 532 g/mol. The molecule has 9 heteroatoms. The van der Waals surface area contributed by atoms with E-state index in [2.05, 4.69) is 16.2 Å². The number of carbonyl (C=O) groups is 2. The van der Waals surface area contributed by atoms with Crippen LogP contribution in [0.2, 0.25) is 0 Å². The predicted molar refractivity (Wildman–Crippen MR) is 161 cm³/mol. The summed E-state index contributed by atoms with van der Waals surface area (Å²) in [7, 11) is 3.37. The summed E-state index contributed by atoms with van der Waals surface area (Å²) in [6, 6.07) is 23.0. The molecule has 1 aromatic heterocycles. The summed E-state index contributed by atoms with van der Waals surface area (Å²) in [6.07, 6.45) is 0.326. The molecule has 0 radical (unpaired) electrons. The standard InChI is InChI=1S/C33H40N4O5/c1-23-34-30(42-35-23)22-40-21-28(19-24-12-8-7-9-13-24)36(5)31(38)29(37(6)32(39)41-33(2,3)4)20-25-16-17-26-14-10-11-15-27(26)18-25/h7-18,28-29H,19-22H2,1-6H3. The van der Waals surface area contributed by atoms with Gasteiger partial charge in [0.2, 0.25) is 5.91 Å². The van der Waals surface area contributed by atoms with E-state index in [9.17, 15) is 9.59 Å².